The van der Waals surface area contributed by atoms with E-state index in [-0.39, 0.29) is 11.1 Å². The van der Waals surface area contributed by atoms with E-state index in [1.54, 1.807) is 7.05 Å². The van der Waals surface area contributed by atoms with Crippen LogP contribution in [0.3, 0.4) is 0 Å². The topological polar surface area (TPSA) is 57.6 Å². The highest BCUT2D eigenvalue weighted by Crippen LogP contribution is 2.42. The van der Waals surface area contributed by atoms with Crippen molar-refractivity contribution in [1.29, 1.82) is 0 Å². The summed E-state index contributed by atoms with van der Waals surface area (Å²) in [6.07, 6.45) is 0. The first kappa shape index (κ1) is 19.6. The monoisotopic (exact) mass is 581 g/mol. The van der Waals surface area contributed by atoms with Gasteiger partial charge in [0.15, 0.2) is 0 Å². The van der Waals surface area contributed by atoms with Crippen LogP contribution in [0.2, 0.25) is 0 Å². The first-order valence-corrected chi connectivity index (χ1v) is 9.78. The van der Waals surface area contributed by atoms with Crippen molar-refractivity contribution >= 4 is 81.3 Å². The minimum absolute atomic E-state index is 0.0625. The molecule has 0 aromatic heterocycles. The van der Waals surface area contributed by atoms with Crippen molar-refractivity contribution in [3.8, 4) is 0 Å². The zero-order valence-corrected chi connectivity index (χ0v) is 18.9. The number of halogens is 4. The van der Waals surface area contributed by atoms with Crippen LogP contribution < -0.4 is 4.90 Å². The Kier molecular flexibility index (Phi) is 6.28. The van der Waals surface area contributed by atoms with Gasteiger partial charge in [0.25, 0.3) is 5.91 Å². The molecule has 8 heteroatoms. The zero-order chi connectivity index (χ0) is 18.2. The van der Waals surface area contributed by atoms with Crippen LogP contribution >= 0.6 is 63.7 Å². The Hall–Kier alpha value is -0.700. The van der Waals surface area contributed by atoms with E-state index < -0.39 is 11.9 Å². The van der Waals surface area contributed by atoms with Crippen LogP contribution in [0.4, 0.5) is 5.69 Å². The standard InChI is InChI=1S/C16H11Br4NO3/c1-7-3-5-8(6-4-7)21(2)15(22)9-10(16(23)24)12(18)14(20)13(19)11(9)17/h3-6H,1-2H3,(H,23,24). The molecular weight excluding hydrogens is 574 g/mol. The quantitative estimate of drug-likeness (QED) is 0.355. The molecular formula is C16H11Br4NO3. The van der Waals surface area contributed by atoms with E-state index in [0.29, 0.717) is 23.6 Å². The minimum Gasteiger partial charge on any atom is -0.478 e. The summed E-state index contributed by atoms with van der Waals surface area (Å²) in [7, 11) is 1.61. The molecule has 0 spiro atoms. The molecule has 0 heterocycles. The van der Waals surface area contributed by atoms with Gasteiger partial charge in [-0.25, -0.2) is 4.79 Å². The number of aryl methyl sites for hydroxylation is 1. The molecule has 4 nitrogen and oxygen atoms in total. The molecule has 0 atom stereocenters. The largest absolute Gasteiger partial charge is 0.478 e. The SMILES string of the molecule is Cc1ccc(N(C)C(=O)c2c(Br)c(Br)c(Br)c(Br)c2C(=O)O)cc1. The van der Waals surface area contributed by atoms with Crippen molar-refractivity contribution in [2.24, 2.45) is 0 Å². The third-order valence-electron chi connectivity index (χ3n) is 3.42. The fraction of sp³-hybridized carbons (Fsp3) is 0.125. The average Bonchev–Trinajstić information content (AvgIpc) is 2.55. The molecule has 0 bridgehead atoms. The number of carboxylic acids is 1. The van der Waals surface area contributed by atoms with Crippen LogP contribution in [0.1, 0.15) is 26.3 Å². The highest BCUT2D eigenvalue weighted by atomic mass is 79.9. The smallest absolute Gasteiger partial charge is 0.337 e. The highest BCUT2D eigenvalue weighted by molar-refractivity contribution is 9.15. The lowest BCUT2D eigenvalue weighted by molar-refractivity contribution is 0.0690. The van der Waals surface area contributed by atoms with Gasteiger partial charge in [-0.15, -0.1) is 0 Å². The predicted octanol–water partition coefficient (Wildman–Crippen LogP) is 6.02. The second kappa shape index (κ2) is 7.68. The fourth-order valence-electron chi connectivity index (χ4n) is 2.09. The Morgan fingerprint density at radius 2 is 1.33 bits per heavy atom. The number of hydrogen-bond donors (Lipinski definition) is 1. The Bertz CT molecular complexity index is 834. The number of anilines is 1. The lowest BCUT2D eigenvalue weighted by atomic mass is 10.1. The molecule has 1 amide bonds. The molecule has 1 N–H and O–H groups in total. The van der Waals surface area contributed by atoms with Gasteiger partial charge >= 0.3 is 5.97 Å². The Morgan fingerprint density at radius 3 is 1.79 bits per heavy atom. The van der Waals surface area contributed by atoms with Crippen molar-refractivity contribution in [3.05, 3.63) is 58.8 Å². The molecule has 0 aliphatic carbocycles. The van der Waals surface area contributed by atoms with E-state index in [4.69, 9.17) is 0 Å². The van der Waals surface area contributed by atoms with Gasteiger partial charge in [0.05, 0.1) is 11.1 Å². The summed E-state index contributed by atoms with van der Waals surface area (Å²) in [5, 5.41) is 9.57. The second-order valence-corrected chi connectivity index (χ2v) is 8.18. The molecule has 24 heavy (non-hydrogen) atoms. The predicted molar refractivity (Wildman–Crippen MR) is 108 cm³/mol. The summed E-state index contributed by atoms with van der Waals surface area (Å²) in [5.41, 5.74) is 1.69. The van der Waals surface area contributed by atoms with Crippen molar-refractivity contribution in [2.75, 3.05) is 11.9 Å². The van der Waals surface area contributed by atoms with Gasteiger partial charge in [0.1, 0.15) is 0 Å². The number of carbonyl (C=O) groups is 2. The molecule has 0 aliphatic heterocycles. The summed E-state index contributed by atoms with van der Waals surface area (Å²) in [6.45, 7) is 1.95. The molecule has 126 valence electrons. The highest BCUT2D eigenvalue weighted by Gasteiger charge is 2.29. The van der Waals surface area contributed by atoms with Crippen LogP contribution in [0.25, 0.3) is 0 Å². The third kappa shape index (κ3) is 3.61. The van der Waals surface area contributed by atoms with E-state index in [1.807, 2.05) is 31.2 Å². The maximum atomic E-state index is 13.0. The molecule has 2 aromatic rings. The molecule has 0 fully saturated rings. The molecule has 0 saturated carbocycles. The Labute approximate surface area is 172 Å². The molecule has 0 unspecified atom stereocenters. The molecule has 2 aromatic carbocycles. The van der Waals surface area contributed by atoms with E-state index in [0.717, 1.165) is 5.56 Å². The summed E-state index contributed by atoms with van der Waals surface area (Å²) >= 11 is 13.2. The van der Waals surface area contributed by atoms with Gasteiger partial charge in [-0.1, -0.05) is 17.7 Å². The number of nitrogens with zero attached hydrogens (tertiary/aromatic N) is 1. The van der Waals surface area contributed by atoms with Crippen molar-refractivity contribution < 1.29 is 14.7 Å². The van der Waals surface area contributed by atoms with Gasteiger partial charge in [0.2, 0.25) is 0 Å². The van der Waals surface area contributed by atoms with Crippen LogP contribution in [0.15, 0.2) is 42.2 Å². The summed E-state index contributed by atoms with van der Waals surface area (Å²) in [6, 6.07) is 7.40. The molecule has 0 saturated heterocycles. The van der Waals surface area contributed by atoms with Gasteiger partial charge < -0.3 is 10.0 Å². The normalized spacial score (nSPS) is 10.6. The summed E-state index contributed by atoms with van der Waals surface area (Å²) < 4.78 is 1.74. The number of aromatic carboxylic acids is 1. The Balaban J connectivity index is 2.64. The maximum Gasteiger partial charge on any atom is 0.337 e. The first-order valence-electron chi connectivity index (χ1n) is 6.60. The second-order valence-electron chi connectivity index (χ2n) is 5.01. The van der Waals surface area contributed by atoms with Gasteiger partial charge in [-0.3, -0.25) is 4.79 Å². The van der Waals surface area contributed by atoms with Crippen LogP contribution in [-0.4, -0.2) is 24.0 Å². The third-order valence-corrected chi connectivity index (χ3v) is 8.19. The lowest BCUT2D eigenvalue weighted by Gasteiger charge is -2.21. The maximum absolute atomic E-state index is 13.0. The van der Waals surface area contributed by atoms with Crippen molar-refractivity contribution in [2.45, 2.75) is 6.92 Å². The van der Waals surface area contributed by atoms with E-state index in [2.05, 4.69) is 63.7 Å². The molecule has 0 radical (unpaired) electrons. The van der Waals surface area contributed by atoms with E-state index in [1.165, 1.54) is 4.90 Å². The number of carbonyl (C=O) groups excluding carboxylic acids is 1. The molecule has 2 rings (SSSR count). The van der Waals surface area contributed by atoms with E-state index in [9.17, 15) is 14.7 Å². The number of hydrogen-bond acceptors (Lipinski definition) is 2. The van der Waals surface area contributed by atoms with Gasteiger partial charge in [-0.05, 0) is 82.8 Å². The molecule has 0 aliphatic rings. The van der Waals surface area contributed by atoms with Crippen LogP contribution in [0, 0.1) is 6.92 Å². The summed E-state index contributed by atoms with van der Waals surface area (Å²) in [5.74, 6) is -1.63. The van der Waals surface area contributed by atoms with Gasteiger partial charge in [0, 0.05) is 30.6 Å². The van der Waals surface area contributed by atoms with Crippen LogP contribution in [0.5, 0.6) is 0 Å². The number of benzene rings is 2. The average molecular weight is 585 g/mol. The number of carboxylic acid groups (broad SMARTS) is 1. The van der Waals surface area contributed by atoms with E-state index >= 15 is 0 Å². The lowest BCUT2D eigenvalue weighted by Crippen LogP contribution is -2.28. The van der Waals surface area contributed by atoms with Gasteiger partial charge in [-0.2, -0.15) is 0 Å². The number of amides is 1. The Morgan fingerprint density at radius 1 is 0.875 bits per heavy atom. The van der Waals surface area contributed by atoms with Crippen molar-refractivity contribution in [1.82, 2.24) is 0 Å². The van der Waals surface area contributed by atoms with Crippen molar-refractivity contribution in [3.63, 3.8) is 0 Å². The first-order chi connectivity index (χ1) is 11.2. The fourth-order valence-corrected chi connectivity index (χ4v) is 4.54. The minimum atomic E-state index is -1.20. The zero-order valence-electron chi connectivity index (χ0n) is 12.5. The van der Waals surface area contributed by atoms with Crippen LogP contribution in [-0.2, 0) is 0 Å². The number of rotatable bonds is 3. The summed E-state index contributed by atoms with van der Waals surface area (Å²) in [4.78, 5) is 26.1.